The summed E-state index contributed by atoms with van der Waals surface area (Å²) < 4.78 is 2.07. The van der Waals surface area contributed by atoms with Gasteiger partial charge in [-0.1, -0.05) is 6.07 Å². The van der Waals surface area contributed by atoms with E-state index in [0.717, 1.165) is 43.8 Å². The Bertz CT molecular complexity index is 790. The maximum absolute atomic E-state index is 12.9. The van der Waals surface area contributed by atoms with Crippen LogP contribution >= 0.6 is 0 Å². The van der Waals surface area contributed by atoms with Crippen molar-refractivity contribution in [2.45, 2.75) is 62.9 Å². The number of hydrogen-bond acceptors (Lipinski definition) is 4. The Hall–Kier alpha value is -1.95. The molecular weight excluding hydrogens is 326 g/mol. The lowest BCUT2D eigenvalue weighted by atomic mass is 9.88. The highest BCUT2D eigenvalue weighted by Gasteiger charge is 2.35. The largest absolute Gasteiger partial charge is 0.342 e. The van der Waals surface area contributed by atoms with E-state index in [-0.39, 0.29) is 5.92 Å². The summed E-state index contributed by atoms with van der Waals surface area (Å²) in [6, 6.07) is 7.28. The van der Waals surface area contributed by atoms with Gasteiger partial charge in [0.2, 0.25) is 5.91 Å². The Morgan fingerprint density at radius 3 is 2.85 bits per heavy atom. The molecule has 6 nitrogen and oxygen atoms in total. The average molecular weight is 353 g/mol. The fraction of sp³-hybridized carbons (Fsp3) is 0.650. The molecule has 3 aliphatic rings. The number of piperidine rings is 2. The van der Waals surface area contributed by atoms with Crippen molar-refractivity contribution < 1.29 is 4.79 Å². The third kappa shape index (κ3) is 3.00. The quantitative estimate of drug-likeness (QED) is 0.920. The number of carbonyl (C=O) groups is 1. The molecule has 0 aliphatic carbocycles. The zero-order valence-electron chi connectivity index (χ0n) is 15.2. The van der Waals surface area contributed by atoms with Crippen molar-refractivity contribution in [3.63, 3.8) is 0 Å². The van der Waals surface area contributed by atoms with Gasteiger partial charge in [0.1, 0.15) is 5.82 Å². The number of pyridine rings is 1. The van der Waals surface area contributed by atoms with Gasteiger partial charge < -0.3 is 10.2 Å². The first kappa shape index (κ1) is 16.2. The maximum atomic E-state index is 12.9. The fourth-order valence-electron chi connectivity index (χ4n) is 5.27. The molecule has 0 radical (unpaired) electrons. The minimum atomic E-state index is 0.286. The van der Waals surface area contributed by atoms with Crippen LogP contribution in [0.2, 0.25) is 0 Å². The monoisotopic (exact) mass is 353 g/mol. The molecule has 0 spiro atoms. The molecule has 3 aliphatic heterocycles. The number of hydrogen-bond donors (Lipinski definition) is 1. The third-order valence-electron chi connectivity index (χ3n) is 6.51. The van der Waals surface area contributed by atoms with Crippen LogP contribution in [-0.4, -0.2) is 50.6 Å². The normalized spacial score (nSPS) is 31.5. The van der Waals surface area contributed by atoms with Gasteiger partial charge in [0.15, 0.2) is 5.65 Å². The molecule has 26 heavy (non-hydrogen) atoms. The lowest BCUT2D eigenvalue weighted by Crippen LogP contribution is -2.43. The minimum absolute atomic E-state index is 0.286. The van der Waals surface area contributed by atoms with E-state index in [9.17, 15) is 4.79 Å². The van der Waals surface area contributed by atoms with Crippen LogP contribution in [0.15, 0.2) is 24.4 Å². The molecule has 2 aromatic heterocycles. The lowest BCUT2D eigenvalue weighted by Gasteiger charge is -2.34. The van der Waals surface area contributed by atoms with Gasteiger partial charge in [0, 0.05) is 43.7 Å². The Morgan fingerprint density at radius 1 is 1.15 bits per heavy atom. The molecule has 3 fully saturated rings. The van der Waals surface area contributed by atoms with Crippen molar-refractivity contribution in [1.29, 1.82) is 0 Å². The lowest BCUT2D eigenvalue weighted by molar-refractivity contribution is -0.133. The smallest absolute Gasteiger partial charge is 0.222 e. The van der Waals surface area contributed by atoms with Crippen LogP contribution in [0.3, 0.4) is 0 Å². The molecule has 1 amide bonds. The summed E-state index contributed by atoms with van der Waals surface area (Å²) in [5.41, 5.74) is 0.885. The zero-order chi connectivity index (χ0) is 17.5. The summed E-state index contributed by atoms with van der Waals surface area (Å²) in [4.78, 5) is 15.0. The number of carbonyl (C=O) groups excluding carboxylic acids is 1. The predicted octanol–water partition coefficient (Wildman–Crippen LogP) is 2.36. The van der Waals surface area contributed by atoms with Gasteiger partial charge in [0.05, 0.1) is 0 Å². The number of nitrogens with zero attached hydrogens (tertiary/aromatic N) is 4. The van der Waals surface area contributed by atoms with Gasteiger partial charge in [-0.25, -0.2) is 0 Å². The van der Waals surface area contributed by atoms with Gasteiger partial charge in [-0.05, 0) is 56.6 Å². The summed E-state index contributed by atoms with van der Waals surface area (Å²) in [6.07, 6.45) is 9.82. The number of aromatic nitrogens is 3. The van der Waals surface area contributed by atoms with Gasteiger partial charge in [-0.3, -0.25) is 9.20 Å². The number of likely N-dealkylation sites (tertiary alicyclic amines) is 1. The fourth-order valence-corrected chi connectivity index (χ4v) is 5.27. The molecular formula is C20H27N5O. The van der Waals surface area contributed by atoms with Crippen LogP contribution in [-0.2, 0) is 4.79 Å². The summed E-state index contributed by atoms with van der Waals surface area (Å²) >= 11 is 0. The van der Waals surface area contributed by atoms with Crippen molar-refractivity contribution >= 4 is 11.6 Å². The van der Waals surface area contributed by atoms with Gasteiger partial charge in [-0.15, -0.1) is 10.2 Å². The Morgan fingerprint density at radius 2 is 2.00 bits per heavy atom. The second kappa shape index (κ2) is 6.65. The molecule has 138 valence electrons. The molecule has 2 aromatic rings. The van der Waals surface area contributed by atoms with Gasteiger partial charge in [-0.2, -0.15) is 0 Å². The number of fused-ring (bicyclic) bond motifs is 3. The van der Waals surface area contributed by atoms with E-state index in [1.807, 2.05) is 24.4 Å². The highest BCUT2D eigenvalue weighted by Crippen LogP contribution is 2.34. The molecule has 5 heterocycles. The van der Waals surface area contributed by atoms with E-state index in [4.69, 9.17) is 0 Å². The van der Waals surface area contributed by atoms with Crippen LogP contribution in [0.1, 0.15) is 56.7 Å². The summed E-state index contributed by atoms with van der Waals surface area (Å²) in [5.74, 6) is 2.19. The predicted molar refractivity (Wildman–Crippen MR) is 98.8 cm³/mol. The van der Waals surface area contributed by atoms with Crippen LogP contribution in [0.5, 0.6) is 0 Å². The molecule has 1 N–H and O–H groups in total. The van der Waals surface area contributed by atoms with Crippen molar-refractivity contribution in [1.82, 2.24) is 24.8 Å². The highest BCUT2D eigenvalue weighted by molar-refractivity contribution is 5.76. The Kier molecular flexibility index (Phi) is 4.15. The average Bonchev–Trinajstić information content (AvgIpc) is 3.25. The molecule has 6 heteroatoms. The van der Waals surface area contributed by atoms with Gasteiger partial charge >= 0.3 is 0 Å². The molecule has 0 aromatic carbocycles. The van der Waals surface area contributed by atoms with Crippen LogP contribution in [0, 0.1) is 5.92 Å². The van der Waals surface area contributed by atoms with E-state index < -0.39 is 0 Å². The number of rotatable bonds is 3. The van der Waals surface area contributed by atoms with E-state index >= 15 is 0 Å². The molecule has 3 atom stereocenters. The molecule has 3 unspecified atom stereocenters. The van der Waals surface area contributed by atoms with Crippen molar-refractivity contribution in [2.75, 3.05) is 13.1 Å². The first-order valence-electron chi connectivity index (χ1n) is 10.1. The maximum Gasteiger partial charge on any atom is 0.222 e. The summed E-state index contributed by atoms with van der Waals surface area (Å²) in [5, 5.41) is 12.4. The minimum Gasteiger partial charge on any atom is -0.342 e. The van der Waals surface area contributed by atoms with Crippen LogP contribution in [0.25, 0.3) is 5.65 Å². The zero-order valence-corrected chi connectivity index (χ0v) is 15.2. The van der Waals surface area contributed by atoms with Crippen molar-refractivity contribution in [3.05, 3.63) is 30.2 Å². The van der Waals surface area contributed by atoms with E-state index in [1.165, 1.54) is 25.7 Å². The second-order valence-electron chi connectivity index (χ2n) is 8.35. The standard InChI is InChI=1S/C20H27N5O/c26-19(12-14-10-16-6-7-17(11-14)21-16)24-8-3-4-15(13-24)20-23-22-18-5-1-2-9-25(18)20/h1-2,5,9,14-17,21H,3-4,6-8,10-13H2. The van der Waals surface area contributed by atoms with E-state index in [0.29, 0.717) is 23.9 Å². The van der Waals surface area contributed by atoms with Crippen molar-refractivity contribution in [2.24, 2.45) is 5.92 Å². The van der Waals surface area contributed by atoms with E-state index in [1.54, 1.807) is 0 Å². The molecule has 5 rings (SSSR count). The first-order chi connectivity index (χ1) is 12.8. The number of nitrogens with one attached hydrogen (secondary N) is 1. The first-order valence-corrected chi connectivity index (χ1v) is 10.1. The van der Waals surface area contributed by atoms with Gasteiger partial charge in [0.25, 0.3) is 0 Å². The summed E-state index contributed by atoms with van der Waals surface area (Å²) in [6.45, 7) is 1.68. The van der Waals surface area contributed by atoms with Crippen molar-refractivity contribution in [3.8, 4) is 0 Å². The Labute approximate surface area is 154 Å². The molecule has 2 bridgehead atoms. The molecule has 0 saturated carbocycles. The molecule has 3 saturated heterocycles. The SMILES string of the molecule is O=C(CC1CC2CCC(C1)N2)N1CCCC(c2nnc3ccccn23)C1. The Balaban J connectivity index is 1.26. The summed E-state index contributed by atoms with van der Waals surface area (Å²) in [7, 11) is 0. The van der Waals surface area contributed by atoms with E-state index in [2.05, 4.69) is 24.8 Å². The third-order valence-corrected chi connectivity index (χ3v) is 6.51. The highest BCUT2D eigenvalue weighted by atomic mass is 16.2. The number of amides is 1. The topological polar surface area (TPSA) is 62.5 Å². The van der Waals surface area contributed by atoms with Crippen LogP contribution in [0.4, 0.5) is 0 Å². The van der Waals surface area contributed by atoms with Crippen LogP contribution < -0.4 is 5.32 Å². The second-order valence-corrected chi connectivity index (χ2v) is 8.35.